The van der Waals surface area contributed by atoms with Crippen LogP contribution in [0.25, 0.3) is 11.3 Å². The number of piperidine rings is 1. The lowest BCUT2D eigenvalue weighted by Gasteiger charge is -2.36. The summed E-state index contributed by atoms with van der Waals surface area (Å²) in [5, 5.41) is 24.3. The Morgan fingerprint density at radius 3 is 2.40 bits per heavy atom. The van der Waals surface area contributed by atoms with Gasteiger partial charge < -0.3 is 26.0 Å². The molecule has 4 amide bonds. The van der Waals surface area contributed by atoms with Crippen molar-refractivity contribution >= 4 is 40.8 Å². The maximum atomic E-state index is 13.5. The Kier molecular flexibility index (Phi) is 10.3. The Labute approximate surface area is 307 Å². The van der Waals surface area contributed by atoms with Crippen molar-refractivity contribution < 1.29 is 24.3 Å². The average molecular weight is 718 g/mol. The first-order chi connectivity index (χ1) is 25.7. The van der Waals surface area contributed by atoms with Crippen molar-refractivity contribution in [1.29, 1.82) is 0 Å². The zero-order valence-corrected chi connectivity index (χ0v) is 29.6. The average Bonchev–Trinajstić information content (AvgIpc) is 3.42. The smallest absolute Gasteiger partial charge is 0.264 e. The van der Waals surface area contributed by atoms with E-state index in [1.165, 1.54) is 11.1 Å². The van der Waals surface area contributed by atoms with Crippen LogP contribution in [0.4, 0.5) is 17.2 Å². The van der Waals surface area contributed by atoms with Crippen LogP contribution in [0.3, 0.4) is 0 Å². The first-order valence-electron chi connectivity index (χ1n) is 17.9. The molecule has 0 spiro atoms. The third-order valence-corrected chi connectivity index (χ3v) is 10.2. The number of benzene rings is 3. The minimum Gasteiger partial charge on any atom is -0.507 e. The van der Waals surface area contributed by atoms with Gasteiger partial charge in [0.25, 0.3) is 11.8 Å². The highest BCUT2D eigenvalue weighted by Gasteiger charge is 2.46. The molecule has 1 unspecified atom stereocenters. The van der Waals surface area contributed by atoms with E-state index < -0.39 is 29.7 Å². The number of carbonyl (C=O) groups excluding carboxylic acids is 4. The summed E-state index contributed by atoms with van der Waals surface area (Å²) < 4.78 is 0. The molecule has 0 saturated carbocycles. The number of phenols is 1. The van der Waals surface area contributed by atoms with Gasteiger partial charge >= 0.3 is 0 Å². The van der Waals surface area contributed by atoms with Crippen molar-refractivity contribution in [2.45, 2.75) is 31.8 Å². The second-order valence-corrected chi connectivity index (χ2v) is 13.7. The van der Waals surface area contributed by atoms with E-state index in [0.29, 0.717) is 47.0 Å². The third-order valence-electron chi connectivity index (χ3n) is 10.2. The molecule has 1 atom stereocenters. The maximum absolute atomic E-state index is 13.5. The molecule has 7 rings (SSSR count). The quantitative estimate of drug-likeness (QED) is 0.125. The van der Waals surface area contributed by atoms with Gasteiger partial charge in [-0.1, -0.05) is 42.5 Å². The highest BCUT2D eigenvalue weighted by Crippen LogP contribution is 2.35. The van der Waals surface area contributed by atoms with Crippen molar-refractivity contribution in [2.75, 3.05) is 68.4 Å². The molecular formula is C39H43N9O5. The van der Waals surface area contributed by atoms with Gasteiger partial charge in [0.1, 0.15) is 11.8 Å². The van der Waals surface area contributed by atoms with Gasteiger partial charge in [-0.2, -0.15) is 0 Å². The van der Waals surface area contributed by atoms with Crippen LogP contribution in [0.15, 0.2) is 72.8 Å². The van der Waals surface area contributed by atoms with Crippen LogP contribution in [0.5, 0.6) is 5.75 Å². The molecule has 4 aromatic rings. The van der Waals surface area contributed by atoms with E-state index in [2.05, 4.69) is 54.9 Å². The van der Waals surface area contributed by atoms with E-state index in [0.717, 1.165) is 56.3 Å². The fourth-order valence-electron chi connectivity index (χ4n) is 7.20. The van der Waals surface area contributed by atoms with E-state index in [-0.39, 0.29) is 18.6 Å². The van der Waals surface area contributed by atoms with Crippen molar-refractivity contribution in [3.63, 3.8) is 0 Å². The fraction of sp³-hybridized carbons (Fsp3) is 0.333. The molecule has 14 heteroatoms. The lowest BCUT2D eigenvalue weighted by atomic mass is 10.0. The molecule has 274 valence electrons. The maximum Gasteiger partial charge on any atom is 0.264 e. The summed E-state index contributed by atoms with van der Waals surface area (Å²) >= 11 is 0. The molecule has 14 nitrogen and oxygen atoms in total. The van der Waals surface area contributed by atoms with Gasteiger partial charge in [0.2, 0.25) is 11.8 Å². The number of anilines is 3. The predicted octanol–water partition coefficient (Wildman–Crippen LogP) is 2.42. The number of aromatic nitrogens is 2. The second kappa shape index (κ2) is 15.4. The zero-order chi connectivity index (χ0) is 37.1. The van der Waals surface area contributed by atoms with E-state index in [1.54, 1.807) is 30.3 Å². The number of rotatable bonds is 12. The number of phenolic OH excluding ortho intramolecular Hbond substituents is 1. The number of piperazine rings is 1. The van der Waals surface area contributed by atoms with Crippen LogP contribution in [0.2, 0.25) is 0 Å². The predicted molar refractivity (Wildman–Crippen MR) is 200 cm³/mol. The van der Waals surface area contributed by atoms with Gasteiger partial charge in [0.05, 0.1) is 28.2 Å². The van der Waals surface area contributed by atoms with E-state index in [9.17, 15) is 24.3 Å². The molecule has 0 radical (unpaired) electrons. The molecule has 3 aliphatic heterocycles. The van der Waals surface area contributed by atoms with Gasteiger partial charge in [0.15, 0.2) is 5.82 Å². The largest absolute Gasteiger partial charge is 0.507 e. The number of imide groups is 2. The second-order valence-electron chi connectivity index (χ2n) is 13.7. The molecule has 53 heavy (non-hydrogen) atoms. The number of carbonyl (C=O) groups is 4. The molecule has 1 aromatic heterocycles. The summed E-state index contributed by atoms with van der Waals surface area (Å²) in [4.78, 5) is 58.5. The van der Waals surface area contributed by atoms with Crippen molar-refractivity contribution in [1.82, 2.24) is 30.6 Å². The van der Waals surface area contributed by atoms with Gasteiger partial charge in [-0.25, -0.2) is 0 Å². The summed E-state index contributed by atoms with van der Waals surface area (Å²) in [6.07, 6.45) is 1.04. The Hall–Kier alpha value is -5.86. The fourth-order valence-corrected chi connectivity index (χ4v) is 7.20. The Bertz CT molecular complexity index is 2030. The standard InChI is InChI=1S/C39H43N9O5/c1-45(32-23-29(43-44-36(32)40)27-5-2-3-8-33(27)49)17-15-25-9-11-26(12-10-25)24-41-16-18-46-19-21-47(22-20-46)30-7-4-6-28-35(30)39(53)48(38(28)52)31-13-14-34(50)42-37(31)51/h2-12,23,31,41,49H,13-22,24H2,1H3,(H2,40,44)(H,42,50,51). The van der Waals surface area contributed by atoms with Crippen LogP contribution in [-0.4, -0.2) is 108 Å². The van der Waals surface area contributed by atoms with Gasteiger partial charge in [-0.3, -0.25) is 34.3 Å². The molecule has 5 N–H and O–H groups in total. The third kappa shape index (κ3) is 7.55. The number of likely N-dealkylation sites (N-methyl/N-ethyl adjacent to an activating group) is 1. The number of hydrogen-bond acceptors (Lipinski definition) is 12. The van der Waals surface area contributed by atoms with Gasteiger partial charge in [0, 0.05) is 71.4 Å². The first-order valence-corrected chi connectivity index (χ1v) is 17.9. The number of aromatic hydroxyl groups is 1. The molecule has 0 aliphatic carbocycles. The highest BCUT2D eigenvalue weighted by atomic mass is 16.3. The number of nitrogens with one attached hydrogen (secondary N) is 2. The normalized spacial score (nSPS) is 17.6. The van der Waals surface area contributed by atoms with Crippen molar-refractivity contribution in [2.24, 2.45) is 0 Å². The van der Waals surface area contributed by atoms with E-state index in [1.807, 2.05) is 30.1 Å². The number of hydrogen-bond donors (Lipinski definition) is 4. The SMILES string of the molecule is CN(CCc1ccc(CNCCN2CCN(c3cccc4c3C(=O)N(C3CCC(=O)NC3=O)C4=O)CC2)cc1)c1cc(-c2ccccc2O)nnc1N. The lowest BCUT2D eigenvalue weighted by Crippen LogP contribution is -2.54. The van der Waals surface area contributed by atoms with Crippen LogP contribution in [0.1, 0.15) is 44.7 Å². The Morgan fingerprint density at radius 2 is 1.64 bits per heavy atom. The summed E-state index contributed by atoms with van der Waals surface area (Å²) in [5.74, 6) is -1.49. The summed E-state index contributed by atoms with van der Waals surface area (Å²) in [6, 6.07) is 21.8. The lowest BCUT2D eigenvalue weighted by molar-refractivity contribution is -0.136. The number of fused-ring (bicyclic) bond motifs is 1. The molecule has 3 aliphatic rings. The molecule has 2 saturated heterocycles. The number of para-hydroxylation sites is 1. The van der Waals surface area contributed by atoms with E-state index >= 15 is 0 Å². The molecule has 0 bridgehead atoms. The minimum atomic E-state index is -0.980. The Morgan fingerprint density at radius 1 is 0.906 bits per heavy atom. The van der Waals surface area contributed by atoms with Crippen LogP contribution in [-0.2, 0) is 22.6 Å². The van der Waals surface area contributed by atoms with Gasteiger partial charge in [-0.15, -0.1) is 10.2 Å². The Balaban J connectivity index is 0.852. The number of nitrogens with zero attached hydrogens (tertiary/aromatic N) is 6. The van der Waals surface area contributed by atoms with Crippen LogP contribution >= 0.6 is 0 Å². The minimum absolute atomic E-state index is 0.0898. The van der Waals surface area contributed by atoms with Crippen LogP contribution in [0, 0.1) is 0 Å². The number of nitrogen functional groups attached to an aromatic ring is 1. The van der Waals surface area contributed by atoms with E-state index in [4.69, 9.17) is 5.73 Å². The number of nitrogens with two attached hydrogens (primary N) is 1. The monoisotopic (exact) mass is 717 g/mol. The zero-order valence-electron chi connectivity index (χ0n) is 29.6. The number of amides is 4. The topological polar surface area (TPSA) is 177 Å². The molecule has 3 aromatic carbocycles. The van der Waals surface area contributed by atoms with Crippen molar-refractivity contribution in [3.8, 4) is 17.0 Å². The van der Waals surface area contributed by atoms with Gasteiger partial charge in [-0.05, 0) is 54.3 Å². The van der Waals surface area contributed by atoms with Crippen LogP contribution < -0.4 is 26.2 Å². The first kappa shape index (κ1) is 35.5. The molecular weight excluding hydrogens is 674 g/mol. The highest BCUT2D eigenvalue weighted by molar-refractivity contribution is 6.25. The van der Waals surface area contributed by atoms with Crippen molar-refractivity contribution in [3.05, 3.63) is 95.1 Å². The summed E-state index contributed by atoms with van der Waals surface area (Å²) in [7, 11) is 1.97. The summed E-state index contributed by atoms with van der Waals surface area (Å²) in [5.41, 5.74) is 11.8. The summed E-state index contributed by atoms with van der Waals surface area (Å²) in [6.45, 7) is 6.21. The molecule has 2 fully saturated rings. The molecule has 4 heterocycles.